The number of likely N-dealkylation sites (N-methyl/N-ethyl adjacent to an activating group) is 2. The van der Waals surface area contributed by atoms with Gasteiger partial charge in [0.2, 0.25) is 20.0 Å². The van der Waals surface area contributed by atoms with Gasteiger partial charge in [-0.1, -0.05) is 98.4 Å². The van der Waals surface area contributed by atoms with Crippen LogP contribution < -0.4 is 30.7 Å². The van der Waals surface area contributed by atoms with E-state index >= 15 is 0 Å². The van der Waals surface area contributed by atoms with Crippen molar-refractivity contribution < 1.29 is 45.4 Å². The third-order valence-corrected chi connectivity index (χ3v) is 18.0. The molecule has 0 aromatic heterocycles. The Balaban J connectivity index is 0.757. The van der Waals surface area contributed by atoms with Crippen LogP contribution in [0.2, 0.25) is 20.1 Å². The fraction of sp³-hybridized carbons (Fsp3) is 0.536. The summed E-state index contributed by atoms with van der Waals surface area (Å²) in [7, 11) is -3.77. The average Bonchev–Trinajstić information content (AvgIpc) is 3.41. The predicted molar refractivity (Wildman–Crippen MR) is 315 cm³/mol. The molecule has 80 heavy (non-hydrogen) atoms. The van der Waals surface area contributed by atoms with Crippen LogP contribution in [-0.2, 0) is 52.1 Å². The van der Waals surface area contributed by atoms with Crippen molar-refractivity contribution in [2.75, 3.05) is 106 Å². The van der Waals surface area contributed by atoms with E-state index in [2.05, 4.69) is 40.5 Å². The molecule has 0 radical (unpaired) electrons. The van der Waals surface area contributed by atoms with E-state index in [1.54, 1.807) is 48.5 Å². The number of rotatable bonds is 31. The molecule has 442 valence electrons. The highest BCUT2D eigenvalue weighted by molar-refractivity contribution is 7.89. The molecule has 0 saturated carbocycles. The largest absolute Gasteiger partial charge is 0.377 e. The molecule has 4 amide bonds. The molecule has 0 bridgehead atoms. The van der Waals surface area contributed by atoms with Gasteiger partial charge in [0, 0.05) is 96.4 Å². The lowest BCUT2D eigenvalue weighted by Crippen LogP contribution is -2.42. The van der Waals surface area contributed by atoms with E-state index in [0.29, 0.717) is 72.2 Å². The highest BCUT2D eigenvalue weighted by Crippen LogP contribution is 2.40. The third-order valence-electron chi connectivity index (χ3n) is 13.9. The maximum atomic E-state index is 13.7. The Kier molecular flexibility index (Phi) is 25.9. The molecule has 4 aromatic carbocycles. The number of carbonyl (C=O) groups excluding carboxylic acids is 2. The van der Waals surface area contributed by atoms with Crippen molar-refractivity contribution in [1.82, 2.24) is 40.5 Å². The fourth-order valence-corrected chi connectivity index (χ4v) is 13.4. The van der Waals surface area contributed by atoms with E-state index in [4.69, 9.17) is 65.4 Å². The number of amides is 4. The zero-order valence-corrected chi connectivity index (χ0v) is 51.1. The lowest BCUT2D eigenvalue weighted by atomic mass is 9.85. The smallest absolute Gasteiger partial charge is 0.314 e. The van der Waals surface area contributed by atoms with E-state index in [9.17, 15) is 26.4 Å². The standard InChI is InChI=1S/C56H78Cl4N8O10S2/c1-37(2)53(65-79(71,72)43-13-9-11-39(25-43)47-31-67(5)33-49-45(47)27-41(57)29-51(49)59)35-77-23-21-75-19-17-63-55(69)61-15-7-8-16-62-56(70)64-18-20-76-22-24-78-36-54(38(3)4)66-80(73,74)44-14-10-12-40(26-44)48-32-68(6)34-50-46(48)28-42(58)30-52(50)60/h9-14,25-30,37-38,47-48,53-54,65-66H,7-8,15-24,31-36H2,1-6H3,(H2,61,63,69)(H2,62,64,70)/t47-,48-,53-,54-/m0/s1. The van der Waals surface area contributed by atoms with E-state index in [1.165, 1.54) is 0 Å². The molecule has 4 aromatic rings. The second kappa shape index (κ2) is 31.7. The van der Waals surface area contributed by atoms with E-state index in [0.717, 1.165) is 33.4 Å². The number of sulfonamides is 2. The molecule has 2 aliphatic heterocycles. The molecule has 2 aliphatic rings. The van der Waals surface area contributed by atoms with Gasteiger partial charge in [0.05, 0.1) is 62.6 Å². The zero-order chi connectivity index (χ0) is 58.0. The SMILES string of the molecule is CC(C)[C@H](COCCOCCNC(=O)NCCCCNC(=O)NCCOCCOC[C@H](NS(=O)(=O)c1cccc([C@@H]2CN(C)Cc3c(Cl)cc(Cl)cc32)c1)C(C)C)NS(=O)(=O)c1cccc([C@@H]2CN(C)Cc3c(Cl)cc(Cl)cc32)c1. The van der Waals surface area contributed by atoms with Gasteiger partial charge in [0.1, 0.15) is 0 Å². The number of ether oxygens (including phenoxy) is 4. The van der Waals surface area contributed by atoms with Crippen molar-refractivity contribution in [3.05, 3.63) is 126 Å². The number of hydrogen-bond donors (Lipinski definition) is 6. The second-order valence-corrected chi connectivity index (χ2v) is 26.1. The summed E-state index contributed by atoms with van der Waals surface area (Å²) in [4.78, 5) is 29.1. The van der Waals surface area contributed by atoms with E-state index in [1.807, 2.05) is 66.1 Å². The summed E-state index contributed by atoms with van der Waals surface area (Å²) in [5.41, 5.74) is 5.67. The first kappa shape index (κ1) is 65.3. The van der Waals surface area contributed by atoms with Gasteiger partial charge in [-0.15, -0.1) is 0 Å². The summed E-state index contributed by atoms with van der Waals surface area (Å²) < 4.78 is 83.2. The van der Waals surface area contributed by atoms with Crippen molar-refractivity contribution in [1.29, 1.82) is 0 Å². The number of hydrogen-bond acceptors (Lipinski definition) is 12. The Bertz CT molecular complexity index is 2720. The number of nitrogens with one attached hydrogen (secondary N) is 6. The van der Waals surface area contributed by atoms with Crippen LogP contribution in [0.15, 0.2) is 82.6 Å². The van der Waals surface area contributed by atoms with Crippen LogP contribution in [0.5, 0.6) is 0 Å². The first-order valence-corrected chi connectivity index (χ1v) is 31.5. The minimum absolute atomic E-state index is 0.0554. The van der Waals surface area contributed by atoms with E-state index in [-0.39, 0.29) is 111 Å². The second-order valence-electron chi connectivity index (χ2n) is 20.9. The van der Waals surface area contributed by atoms with Crippen molar-refractivity contribution in [3.63, 3.8) is 0 Å². The molecule has 0 unspecified atom stereocenters. The lowest BCUT2D eigenvalue weighted by Gasteiger charge is -2.33. The molecular weight excluding hydrogens is 1150 g/mol. The summed E-state index contributed by atoms with van der Waals surface area (Å²) in [6, 6.07) is 19.6. The Morgan fingerprint density at radius 2 is 0.912 bits per heavy atom. The Morgan fingerprint density at radius 3 is 1.30 bits per heavy atom. The van der Waals surface area contributed by atoms with Gasteiger partial charge in [-0.3, -0.25) is 0 Å². The van der Waals surface area contributed by atoms with Crippen LogP contribution in [0, 0.1) is 11.8 Å². The van der Waals surface area contributed by atoms with Crippen molar-refractivity contribution in [2.45, 2.75) is 87.3 Å². The van der Waals surface area contributed by atoms with Crippen LogP contribution in [0.25, 0.3) is 0 Å². The molecular formula is C56H78Cl4N8O10S2. The molecule has 0 saturated heterocycles. The van der Waals surface area contributed by atoms with Gasteiger partial charge >= 0.3 is 12.1 Å². The molecule has 6 rings (SSSR count). The summed E-state index contributed by atoms with van der Waals surface area (Å²) in [6.07, 6.45) is 1.30. The normalized spacial score (nSPS) is 16.8. The van der Waals surface area contributed by atoms with Gasteiger partial charge in [-0.05, 0) is 121 Å². The molecule has 0 aliphatic carbocycles. The van der Waals surface area contributed by atoms with E-state index < -0.39 is 32.1 Å². The molecule has 18 nitrogen and oxygen atoms in total. The number of halogens is 4. The molecule has 4 atom stereocenters. The molecule has 0 fully saturated rings. The molecule has 24 heteroatoms. The highest BCUT2D eigenvalue weighted by Gasteiger charge is 2.31. The van der Waals surface area contributed by atoms with Crippen LogP contribution in [0.1, 0.15) is 85.8 Å². The summed E-state index contributed by atoms with van der Waals surface area (Å²) in [6.45, 7) is 13.6. The Labute approximate surface area is 493 Å². The number of urea groups is 2. The first-order chi connectivity index (χ1) is 38.1. The highest BCUT2D eigenvalue weighted by atomic mass is 35.5. The maximum Gasteiger partial charge on any atom is 0.314 e. The topological polar surface area (TPSA) is 218 Å². The first-order valence-electron chi connectivity index (χ1n) is 27.0. The lowest BCUT2D eigenvalue weighted by molar-refractivity contribution is 0.0381. The fourth-order valence-electron chi connectivity index (χ4n) is 9.43. The number of unbranched alkanes of at least 4 members (excludes halogenated alkanes) is 1. The summed E-state index contributed by atoms with van der Waals surface area (Å²) >= 11 is 25.9. The maximum absolute atomic E-state index is 13.7. The van der Waals surface area contributed by atoms with Gasteiger partial charge in [0.25, 0.3) is 0 Å². The minimum Gasteiger partial charge on any atom is -0.377 e. The summed E-state index contributed by atoms with van der Waals surface area (Å²) in [5, 5.41) is 13.3. The number of fused-ring (bicyclic) bond motifs is 2. The van der Waals surface area contributed by atoms with Gasteiger partial charge in [-0.2, -0.15) is 0 Å². The van der Waals surface area contributed by atoms with Crippen LogP contribution in [0.3, 0.4) is 0 Å². The predicted octanol–water partition coefficient (Wildman–Crippen LogP) is 8.21. The number of nitrogens with zero attached hydrogens (tertiary/aromatic N) is 2. The zero-order valence-electron chi connectivity index (χ0n) is 46.4. The Hall–Kier alpha value is -3.84. The van der Waals surface area contributed by atoms with Gasteiger partial charge < -0.3 is 50.0 Å². The Morgan fingerprint density at radius 1 is 0.537 bits per heavy atom. The van der Waals surface area contributed by atoms with Gasteiger partial charge in [-0.25, -0.2) is 35.9 Å². The van der Waals surface area contributed by atoms with Crippen molar-refractivity contribution in [2.24, 2.45) is 11.8 Å². The van der Waals surface area contributed by atoms with Crippen molar-refractivity contribution in [3.8, 4) is 0 Å². The number of carbonyl (C=O) groups is 2. The third kappa shape index (κ3) is 19.9. The van der Waals surface area contributed by atoms with Crippen LogP contribution >= 0.6 is 46.4 Å². The summed E-state index contributed by atoms with van der Waals surface area (Å²) in [5.74, 6) is -0.329. The quantitative estimate of drug-likeness (QED) is 0.0263. The van der Waals surface area contributed by atoms with Crippen LogP contribution in [-0.4, -0.2) is 157 Å². The molecule has 6 N–H and O–H groups in total. The van der Waals surface area contributed by atoms with Crippen molar-refractivity contribution >= 4 is 78.5 Å². The van der Waals surface area contributed by atoms with Crippen LogP contribution in [0.4, 0.5) is 9.59 Å². The number of benzene rings is 4. The average molecular weight is 1230 g/mol. The monoisotopic (exact) mass is 1230 g/mol. The molecule has 2 heterocycles. The van der Waals surface area contributed by atoms with Gasteiger partial charge in [0.15, 0.2) is 0 Å². The minimum atomic E-state index is -3.89. The molecule has 0 spiro atoms.